The molecule has 1 aromatic carbocycles. The van der Waals surface area contributed by atoms with E-state index in [4.69, 9.17) is 0 Å². The SMILES string of the molecule is CCCCCCCCC(=O)N(CC(=O)NCC(=O)Nc1ccc(C)cc1)C1CC1. The summed E-state index contributed by atoms with van der Waals surface area (Å²) < 4.78 is 0. The Labute approximate surface area is 174 Å². The lowest BCUT2D eigenvalue weighted by Gasteiger charge is -2.22. The van der Waals surface area contributed by atoms with Crippen LogP contribution in [0.4, 0.5) is 5.69 Å². The van der Waals surface area contributed by atoms with Crippen LogP contribution in [-0.2, 0) is 14.4 Å². The van der Waals surface area contributed by atoms with Gasteiger partial charge in [0.15, 0.2) is 0 Å². The maximum atomic E-state index is 12.5. The standard InChI is InChI=1S/C23H35N3O3/c1-3-4-5-6-7-8-9-23(29)26(20-14-15-20)17-22(28)24-16-21(27)25-19-12-10-18(2)11-13-19/h10-13,20H,3-9,14-17H2,1-2H3,(H,24,28)(H,25,27). The number of carbonyl (C=O) groups excluding carboxylic acids is 3. The third-order valence-electron chi connectivity index (χ3n) is 5.15. The van der Waals surface area contributed by atoms with Crippen molar-refractivity contribution < 1.29 is 14.4 Å². The second-order valence-electron chi connectivity index (χ2n) is 7.96. The van der Waals surface area contributed by atoms with E-state index in [-0.39, 0.29) is 36.9 Å². The molecule has 0 atom stereocenters. The van der Waals surface area contributed by atoms with E-state index in [1.807, 2.05) is 31.2 Å². The predicted molar refractivity (Wildman–Crippen MR) is 116 cm³/mol. The van der Waals surface area contributed by atoms with Crippen LogP contribution in [0.3, 0.4) is 0 Å². The molecule has 0 radical (unpaired) electrons. The number of hydrogen-bond donors (Lipinski definition) is 2. The van der Waals surface area contributed by atoms with Gasteiger partial charge < -0.3 is 15.5 Å². The van der Waals surface area contributed by atoms with Crippen molar-refractivity contribution in [1.82, 2.24) is 10.2 Å². The van der Waals surface area contributed by atoms with E-state index >= 15 is 0 Å². The Morgan fingerprint density at radius 3 is 2.28 bits per heavy atom. The minimum Gasteiger partial charge on any atom is -0.345 e. The van der Waals surface area contributed by atoms with Crippen molar-refractivity contribution in [1.29, 1.82) is 0 Å². The second kappa shape index (κ2) is 12.2. The lowest BCUT2D eigenvalue weighted by molar-refractivity contribution is -0.136. The van der Waals surface area contributed by atoms with Crippen LogP contribution in [0.1, 0.15) is 70.3 Å². The first-order chi connectivity index (χ1) is 14.0. The van der Waals surface area contributed by atoms with Crippen LogP contribution in [0.2, 0.25) is 0 Å². The van der Waals surface area contributed by atoms with E-state index in [9.17, 15) is 14.4 Å². The maximum absolute atomic E-state index is 12.5. The summed E-state index contributed by atoms with van der Waals surface area (Å²) in [7, 11) is 0. The lowest BCUT2D eigenvalue weighted by atomic mass is 10.1. The van der Waals surface area contributed by atoms with E-state index in [0.717, 1.165) is 31.2 Å². The van der Waals surface area contributed by atoms with Gasteiger partial charge in [-0.1, -0.05) is 56.7 Å². The van der Waals surface area contributed by atoms with Crippen LogP contribution in [-0.4, -0.2) is 41.8 Å². The summed E-state index contributed by atoms with van der Waals surface area (Å²) >= 11 is 0. The molecule has 1 aliphatic rings. The highest BCUT2D eigenvalue weighted by Gasteiger charge is 2.33. The molecule has 160 valence electrons. The monoisotopic (exact) mass is 401 g/mol. The maximum Gasteiger partial charge on any atom is 0.243 e. The highest BCUT2D eigenvalue weighted by molar-refractivity contribution is 5.95. The molecule has 0 heterocycles. The summed E-state index contributed by atoms with van der Waals surface area (Å²) in [5, 5.41) is 5.38. The van der Waals surface area contributed by atoms with E-state index in [2.05, 4.69) is 17.6 Å². The van der Waals surface area contributed by atoms with Crippen LogP contribution in [0, 0.1) is 6.92 Å². The molecule has 6 heteroatoms. The van der Waals surface area contributed by atoms with Crippen LogP contribution < -0.4 is 10.6 Å². The summed E-state index contributed by atoms with van der Waals surface area (Å²) in [6.07, 6.45) is 9.23. The highest BCUT2D eigenvalue weighted by atomic mass is 16.2. The third-order valence-corrected chi connectivity index (χ3v) is 5.15. The summed E-state index contributed by atoms with van der Waals surface area (Å²) in [6, 6.07) is 7.67. The Morgan fingerprint density at radius 1 is 0.966 bits per heavy atom. The van der Waals surface area contributed by atoms with Gasteiger partial charge in [0.1, 0.15) is 0 Å². The van der Waals surface area contributed by atoms with Crippen molar-refractivity contribution in [2.45, 2.75) is 77.7 Å². The van der Waals surface area contributed by atoms with Gasteiger partial charge in [-0.15, -0.1) is 0 Å². The molecule has 1 aromatic rings. The number of aryl methyl sites for hydroxylation is 1. The number of nitrogens with zero attached hydrogens (tertiary/aromatic N) is 1. The van der Waals surface area contributed by atoms with E-state index in [1.54, 1.807) is 4.90 Å². The molecule has 1 aliphatic carbocycles. The number of carbonyl (C=O) groups is 3. The molecule has 1 fully saturated rings. The van der Waals surface area contributed by atoms with Gasteiger partial charge in [0.05, 0.1) is 13.1 Å². The topological polar surface area (TPSA) is 78.5 Å². The van der Waals surface area contributed by atoms with Crippen molar-refractivity contribution in [2.24, 2.45) is 0 Å². The van der Waals surface area contributed by atoms with E-state index in [1.165, 1.54) is 25.7 Å². The van der Waals surface area contributed by atoms with Gasteiger partial charge in [-0.05, 0) is 38.3 Å². The first-order valence-electron chi connectivity index (χ1n) is 10.9. The first-order valence-corrected chi connectivity index (χ1v) is 10.9. The fourth-order valence-corrected chi connectivity index (χ4v) is 3.24. The summed E-state index contributed by atoms with van der Waals surface area (Å²) in [4.78, 5) is 38.5. The van der Waals surface area contributed by atoms with Crippen molar-refractivity contribution in [2.75, 3.05) is 18.4 Å². The Bertz CT molecular complexity index is 668. The molecule has 29 heavy (non-hydrogen) atoms. The normalized spacial score (nSPS) is 13.0. The smallest absolute Gasteiger partial charge is 0.243 e. The Balaban J connectivity index is 1.68. The molecule has 3 amide bonds. The minimum atomic E-state index is -0.285. The summed E-state index contributed by atoms with van der Waals surface area (Å²) in [6.45, 7) is 4.10. The molecule has 0 bridgehead atoms. The number of amides is 3. The van der Waals surface area contributed by atoms with Gasteiger partial charge >= 0.3 is 0 Å². The Morgan fingerprint density at radius 2 is 1.62 bits per heavy atom. The average Bonchev–Trinajstić information content (AvgIpc) is 3.54. The second-order valence-corrected chi connectivity index (χ2v) is 7.96. The van der Waals surface area contributed by atoms with Crippen LogP contribution in [0.15, 0.2) is 24.3 Å². The largest absolute Gasteiger partial charge is 0.345 e. The molecule has 1 saturated carbocycles. The summed E-state index contributed by atoms with van der Waals surface area (Å²) in [5.74, 6) is -0.506. The molecule has 2 rings (SSSR count). The van der Waals surface area contributed by atoms with Crippen molar-refractivity contribution in [3.05, 3.63) is 29.8 Å². The lowest BCUT2D eigenvalue weighted by Crippen LogP contribution is -2.43. The van der Waals surface area contributed by atoms with Gasteiger partial charge in [0, 0.05) is 18.2 Å². The molecule has 0 aromatic heterocycles. The van der Waals surface area contributed by atoms with Crippen LogP contribution in [0.25, 0.3) is 0 Å². The fraction of sp³-hybridized carbons (Fsp3) is 0.609. The first kappa shape index (κ1) is 22.9. The van der Waals surface area contributed by atoms with Gasteiger partial charge in [-0.2, -0.15) is 0 Å². The third kappa shape index (κ3) is 9.11. The highest BCUT2D eigenvalue weighted by Crippen LogP contribution is 2.27. The molecule has 6 nitrogen and oxygen atoms in total. The van der Waals surface area contributed by atoms with E-state index < -0.39 is 0 Å². The van der Waals surface area contributed by atoms with Crippen molar-refractivity contribution >= 4 is 23.4 Å². The van der Waals surface area contributed by atoms with E-state index in [0.29, 0.717) is 12.1 Å². The van der Waals surface area contributed by atoms with Gasteiger partial charge in [0.25, 0.3) is 0 Å². The van der Waals surface area contributed by atoms with Crippen molar-refractivity contribution in [3.8, 4) is 0 Å². The summed E-state index contributed by atoms with van der Waals surface area (Å²) in [5.41, 5.74) is 1.81. The zero-order valence-electron chi connectivity index (χ0n) is 17.8. The number of rotatable bonds is 13. The zero-order chi connectivity index (χ0) is 21.1. The van der Waals surface area contributed by atoms with Gasteiger partial charge in [-0.3, -0.25) is 14.4 Å². The van der Waals surface area contributed by atoms with Crippen LogP contribution >= 0.6 is 0 Å². The predicted octanol–water partition coefficient (Wildman–Crippen LogP) is 3.79. The number of nitrogens with one attached hydrogen (secondary N) is 2. The zero-order valence-corrected chi connectivity index (χ0v) is 17.8. The number of unbranched alkanes of at least 4 members (excludes halogenated alkanes) is 5. The van der Waals surface area contributed by atoms with Gasteiger partial charge in [0.2, 0.25) is 17.7 Å². The molecule has 0 saturated heterocycles. The Hall–Kier alpha value is -2.37. The number of hydrogen-bond acceptors (Lipinski definition) is 3. The van der Waals surface area contributed by atoms with Crippen molar-refractivity contribution in [3.63, 3.8) is 0 Å². The minimum absolute atomic E-state index is 0.0388. The Kier molecular flexibility index (Phi) is 9.68. The van der Waals surface area contributed by atoms with Crippen LogP contribution in [0.5, 0.6) is 0 Å². The molecular weight excluding hydrogens is 366 g/mol. The number of benzene rings is 1. The number of anilines is 1. The average molecular weight is 402 g/mol. The molecule has 0 unspecified atom stereocenters. The molecule has 0 aliphatic heterocycles. The quantitative estimate of drug-likeness (QED) is 0.494. The fourth-order valence-electron chi connectivity index (χ4n) is 3.24. The molecular formula is C23H35N3O3. The molecule has 0 spiro atoms. The van der Waals surface area contributed by atoms with Gasteiger partial charge in [-0.25, -0.2) is 0 Å². The molecule has 2 N–H and O–H groups in total.